The minimum atomic E-state index is -0.774. The van der Waals surface area contributed by atoms with Gasteiger partial charge in [0.1, 0.15) is 5.82 Å². The number of hydrogen-bond donors (Lipinski definition) is 2. The third-order valence-electron chi connectivity index (χ3n) is 3.27. The largest absolute Gasteiger partial charge is 0.481 e. The van der Waals surface area contributed by atoms with Crippen LogP contribution in [0.15, 0.2) is 18.2 Å². The number of benzene rings is 1. The van der Waals surface area contributed by atoms with Gasteiger partial charge in [-0.05, 0) is 30.0 Å². The zero-order valence-corrected chi connectivity index (χ0v) is 11.6. The molecule has 2 rings (SSSR count). The van der Waals surface area contributed by atoms with E-state index >= 15 is 0 Å². The average Bonchev–Trinajstić information content (AvgIpc) is 2.69. The van der Waals surface area contributed by atoms with Gasteiger partial charge < -0.3 is 10.1 Å². The van der Waals surface area contributed by atoms with E-state index in [4.69, 9.17) is 0 Å². The van der Waals surface area contributed by atoms with Crippen molar-refractivity contribution in [2.75, 3.05) is 0 Å². The molecule has 2 aromatic rings. The van der Waals surface area contributed by atoms with E-state index in [-0.39, 0.29) is 0 Å². The smallest absolute Gasteiger partial charge is 0.310 e. The molecule has 1 unspecified atom stereocenters. The monoisotopic (exact) mass is 260 g/mol. The molecular formula is C15H20N2O2. The van der Waals surface area contributed by atoms with Crippen molar-refractivity contribution in [2.45, 2.75) is 39.5 Å². The minimum absolute atomic E-state index is 0.443. The number of nitrogens with zero attached hydrogens (tertiary/aromatic N) is 1. The van der Waals surface area contributed by atoms with Crippen LogP contribution in [0.4, 0.5) is 0 Å². The number of hydrogen-bond acceptors (Lipinski definition) is 2. The van der Waals surface area contributed by atoms with E-state index in [0.717, 1.165) is 28.8 Å². The zero-order valence-electron chi connectivity index (χ0n) is 11.6. The molecule has 0 spiro atoms. The van der Waals surface area contributed by atoms with Crippen molar-refractivity contribution in [3.8, 4) is 0 Å². The number of carboxylic acid groups (broad SMARTS) is 1. The second-order valence-corrected chi connectivity index (χ2v) is 5.36. The predicted octanol–water partition coefficient (Wildman–Crippen LogP) is 3.34. The highest BCUT2D eigenvalue weighted by atomic mass is 16.4. The first-order valence-corrected chi connectivity index (χ1v) is 6.72. The summed E-state index contributed by atoms with van der Waals surface area (Å²) in [5, 5.41) is 9.20. The first kappa shape index (κ1) is 13.6. The third kappa shape index (κ3) is 2.95. The van der Waals surface area contributed by atoms with Gasteiger partial charge in [-0.15, -0.1) is 0 Å². The Morgan fingerprint density at radius 3 is 2.74 bits per heavy atom. The molecule has 4 heteroatoms. The molecule has 1 heterocycles. The highest BCUT2D eigenvalue weighted by molar-refractivity contribution is 5.81. The van der Waals surface area contributed by atoms with Gasteiger partial charge in [0.2, 0.25) is 0 Å². The second-order valence-electron chi connectivity index (χ2n) is 5.36. The third-order valence-corrected chi connectivity index (χ3v) is 3.27. The van der Waals surface area contributed by atoms with Crippen molar-refractivity contribution < 1.29 is 9.90 Å². The van der Waals surface area contributed by atoms with Gasteiger partial charge in [-0.2, -0.15) is 0 Å². The summed E-state index contributed by atoms with van der Waals surface area (Å²) in [6.07, 6.45) is 1.49. The molecule has 0 aliphatic carbocycles. The summed E-state index contributed by atoms with van der Waals surface area (Å²) in [6.45, 7) is 6.19. The van der Waals surface area contributed by atoms with Gasteiger partial charge >= 0.3 is 5.97 Å². The number of aromatic amines is 1. The lowest BCUT2D eigenvalue weighted by molar-refractivity contribution is -0.138. The van der Waals surface area contributed by atoms with Crippen molar-refractivity contribution in [2.24, 2.45) is 5.92 Å². The number of rotatable bonds is 5. The van der Waals surface area contributed by atoms with Crippen LogP contribution < -0.4 is 0 Å². The molecule has 19 heavy (non-hydrogen) atoms. The topological polar surface area (TPSA) is 66.0 Å². The van der Waals surface area contributed by atoms with Crippen LogP contribution in [0.5, 0.6) is 0 Å². The molecule has 0 saturated carbocycles. The van der Waals surface area contributed by atoms with Crippen molar-refractivity contribution in [1.82, 2.24) is 9.97 Å². The Kier molecular flexibility index (Phi) is 3.88. The number of H-pyrrole nitrogens is 1. The van der Waals surface area contributed by atoms with Crippen LogP contribution in [0.3, 0.4) is 0 Å². The van der Waals surface area contributed by atoms with Gasteiger partial charge in [0.15, 0.2) is 0 Å². The molecule has 0 radical (unpaired) electrons. The van der Waals surface area contributed by atoms with Gasteiger partial charge in [-0.3, -0.25) is 4.79 Å². The Hall–Kier alpha value is -1.84. The van der Waals surface area contributed by atoms with E-state index in [2.05, 4.69) is 23.8 Å². The fourth-order valence-corrected chi connectivity index (χ4v) is 2.33. The van der Waals surface area contributed by atoms with Crippen molar-refractivity contribution >= 4 is 17.0 Å². The fraction of sp³-hybridized carbons (Fsp3) is 0.467. The summed E-state index contributed by atoms with van der Waals surface area (Å²) in [5.74, 6) is 0.290. The molecule has 1 aromatic carbocycles. The maximum Gasteiger partial charge on any atom is 0.310 e. The van der Waals surface area contributed by atoms with Crippen LogP contribution >= 0.6 is 0 Å². The van der Waals surface area contributed by atoms with Gasteiger partial charge in [0, 0.05) is 6.42 Å². The summed E-state index contributed by atoms with van der Waals surface area (Å²) < 4.78 is 0. The molecule has 0 bridgehead atoms. The summed E-state index contributed by atoms with van der Waals surface area (Å²) in [5.41, 5.74) is 2.66. The molecule has 1 aromatic heterocycles. The molecule has 4 nitrogen and oxygen atoms in total. The van der Waals surface area contributed by atoms with Crippen LogP contribution in [0.2, 0.25) is 0 Å². The summed E-state index contributed by atoms with van der Waals surface area (Å²) in [6, 6.07) is 5.68. The Labute approximate surface area is 112 Å². The maximum atomic E-state index is 11.2. The van der Waals surface area contributed by atoms with Crippen molar-refractivity contribution in [3.05, 3.63) is 29.6 Å². The quantitative estimate of drug-likeness (QED) is 0.866. The lowest BCUT2D eigenvalue weighted by Gasteiger charge is -2.09. The lowest BCUT2D eigenvalue weighted by Crippen LogP contribution is -2.10. The number of imidazole rings is 1. The standard InChI is InChI=1S/C15H20N2O2/c1-4-11(15(18)19)10-5-6-12-13(8-10)17-14(16-12)7-9(2)3/h5-6,8-9,11H,4,7H2,1-3H3,(H,16,17)(H,18,19). The van der Waals surface area contributed by atoms with Crippen LogP contribution in [0, 0.1) is 5.92 Å². The maximum absolute atomic E-state index is 11.2. The number of aromatic nitrogens is 2. The normalized spacial score (nSPS) is 13.1. The van der Waals surface area contributed by atoms with E-state index in [9.17, 15) is 9.90 Å². The van der Waals surface area contributed by atoms with Gasteiger partial charge in [0.05, 0.1) is 17.0 Å². The van der Waals surface area contributed by atoms with Gasteiger partial charge in [0.25, 0.3) is 0 Å². The minimum Gasteiger partial charge on any atom is -0.481 e. The lowest BCUT2D eigenvalue weighted by atomic mass is 9.96. The van der Waals surface area contributed by atoms with Crippen LogP contribution in [0.25, 0.3) is 11.0 Å². The highest BCUT2D eigenvalue weighted by Crippen LogP contribution is 2.23. The van der Waals surface area contributed by atoms with E-state index in [1.54, 1.807) is 0 Å². The number of nitrogens with one attached hydrogen (secondary N) is 1. The number of fused-ring (bicyclic) bond motifs is 1. The van der Waals surface area contributed by atoms with E-state index < -0.39 is 11.9 Å². The zero-order chi connectivity index (χ0) is 14.0. The molecule has 0 aliphatic heterocycles. The fourth-order valence-electron chi connectivity index (χ4n) is 2.33. The molecule has 2 N–H and O–H groups in total. The summed E-state index contributed by atoms with van der Waals surface area (Å²) >= 11 is 0. The predicted molar refractivity (Wildman–Crippen MR) is 75.3 cm³/mol. The Bertz CT molecular complexity index is 587. The van der Waals surface area contributed by atoms with Gasteiger partial charge in [-0.25, -0.2) is 4.98 Å². The summed E-state index contributed by atoms with van der Waals surface area (Å²) in [7, 11) is 0. The van der Waals surface area contributed by atoms with Crippen molar-refractivity contribution in [1.29, 1.82) is 0 Å². The summed E-state index contributed by atoms with van der Waals surface area (Å²) in [4.78, 5) is 19.0. The molecular weight excluding hydrogens is 240 g/mol. The van der Waals surface area contributed by atoms with Crippen molar-refractivity contribution in [3.63, 3.8) is 0 Å². The molecule has 0 fully saturated rings. The number of carbonyl (C=O) groups is 1. The number of aliphatic carboxylic acids is 1. The molecule has 0 aliphatic rings. The van der Waals surface area contributed by atoms with E-state index in [1.165, 1.54) is 0 Å². The van der Waals surface area contributed by atoms with Crippen LogP contribution in [-0.2, 0) is 11.2 Å². The van der Waals surface area contributed by atoms with E-state index in [1.807, 2.05) is 25.1 Å². The Morgan fingerprint density at radius 2 is 2.16 bits per heavy atom. The second kappa shape index (κ2) is 5.43. The SMILES string of the molecule is CCC(C(=O)O)c1ccc2nc(CC(C)C)[nH]c2c1. The first-order valence-electron chi connectivity index (χ1n) is 6.72. The molecule has 102 valence electrons. The highest BCUT2D eigenvalue weighted by Gasteiger charge is 2.18. The van der Waals surface area contributed by atoms with E-state index in [0.29, 0.717) is 12.3 Å². The van der Waals surface area contributed by atoms with Crippen LogP contribution in [0.1, 0.15) is 44.5 Å². The Balaban J connectivity index is 2.37. The molecule has 0 saturated heterocycles. The molecule has 0 amide bonds. The first-order chi connectivity index (χ1) is 9.01. The Morgan fingerprint density at radius 1 is 1.42 bits per heavy atom. The average molecular weight is 260 g/mol. The molecule has 1 atom stereocenters. The number of carboxylic acids is 1. The van der Waals surface area contributed by atoms with Crippen LogP contribution in [-0.4, -0.2) is 21.0 Å². The van der Waals surface area contributed by atoms with Gasteiger partial charge in [-0.1, -0.05) is 26.8 Å².